The molecule has 0 aliphatic heterocycles. The average molecular weight is 150 g/mol. The highest BCUT2D eigenvalue weighted by atomic mass is 32.1. The van der Waals surface area contributed by atoms with Crippen molar-refractivity contribution < 1.29 is 0 Å². The number of isothiocyanates is 1. The van der Waals surface area contributed by atoms with Crippen LogP contribution in [0.5, 0.6) is 0 Å². The minimum absolute atomic E-state index is 0.620. The number of nitrogens with zero attached hydrogens (tertiary/aromatic N) is 2. The Morgan fingerprint density at radius 1 is 1.70 bits per heavy atom. The fraction of sp³-hybridized carbons (Fsp3) is 0.143. The van der Waals surface area contributed by atoms with Gasteiger partial charge in [-0.25, -0.2) is 4.98 Å². The molecule has 1 aromatic rings. The molecule has 1 aromatic heterocycles. The Hall–Kier alpha value is -1.05. The van der Waals surface area contributed by atoms with Crippen LogP contribution in [-0.2, 0) is 0 Å². The second-order valence-electron chi connectivity index (χ2n) is 1.89. The quantitative estimate of drug-likeness (QED) is 0.452. The summed E-state index contributed by atoms with van der Waals surface area (Å²) in [6, 6.07) is 3.75. The van der Waals surface area contributed by atoms with Gasteiger partial charge in [-0.1, -0.05) is 0 Å². The third-order valence-electron chi connectivity index (χ3n) is 1.06. The van der Waals surface area contributed by atoms with Gasteiger partial charge in [-0.15, -0.1) is 0 Å². The van der Waals surface area contributed by atoms with Crippen molar-refractivity contribution in [1.29, 1.82) is 0 Å². The van der Waals surface area contributed by atoms with Crippen molar-refractivity contribution >= 4 is 23.2 Å². The molecule has 50 valence electrons. The van der Waals surface area contributed by atoms with E-state index in [2.05, 4.69) is 27.4 Å². The Labute approximate surface area is 64.6 Å². The molecule has 0 saturated heterocycles. The van der Waals surface area contributed by atoms with E-state index in [4.69, 9.17) is 0 Å². The molecule has 0 radical (unpaired) electrons. The summed E-state index contributed by atoms with van der Waals surface area (Å²) in [6.45, 7) is 1.98. The maximum absolute atomic E-state index is 4.42. The first-order chi connectivity index (χ1) is 4.83. The molecule has 0 saturated carbocycles. The zero-order chi connectivity index (χ0) is 7.40. The third kappa shape index (κ3) is 1.72. The van der Waals surface area contributed by atoms with Gasteiger partial charge in [0.15, 0.2) is 5.82 Å². The Morgan fingerprint density at radius 2 is 2.50 bits per heavy atom. The summed E-state index contributed by atoms with van der Waals surface area (Å²) in [5.74, 6) is 0.620. The van der Waals surface area contributed by atoms with Gasteiger partial charge in [0, 0.05) is 6.20 Å². The molecule has 0 unspecified atom stereocenters. The number of aryl methyl sites for hydroxylation is 1. The van der Waals surface area contributed by atoms with E-state index < -0.39 is 0 Å². The zero-order valence-corrected chi connectivity index (χ0v) is 6.35. The van der Waals surface area contributed by atoms with Crippen LogP contribution in [0.3, 0.4) is 0 Å². The summed E-state index contributed by atoms with van der Waals surface area (Å²) in [7, 11) is 0. The molecule has 0 aliphatic rings. The van der Waals surface area contributed by atoms with E-state index in [-0.39, 0.29) is 0 Å². The summed E-state index contributed by atoms with van der Waals surface area (Å²) in [5, 5.41) is 2.26. The van der Waals surface area contributed by atoms with Crippen molar-refractivity contribution in [1.82, 2.24) is 4.98 Å². The van der Waals surface area contributed by atoms with Crippen LogP contribution in [0, 0.1) is 6.92 Å². The van der Waals surface area contributed by atoms with Gasteiger partial charge in [-0.2, -0.15) is 4.99 Å². The molecule has 0 spiro atoms. The molecule has 3 heteroatoms. The molecule has 0 aliphatic carbocycles. The molecule has 0 atom stereocenters. The van der Waals surface area contributed by atoms with E-state index in [1.807, 2.05) is 19.1 Å². The highest BCUT2D eigenvalue weighted by Crippen LogP contribution is 2.07. The van der Waals surface area contributed by atoms with Crippen molar-refractivity contribution in [3.05, 3.63) is 23.9 Å². The van der Waals surface area contributed by atoms with Crippen molar-refractivity contribution in [2.45, 2.75) is 6.92 Å². The second kappa shape index (κ2) is 3.20. The molecule has 0 N–H and O–H groups in total. The number of hydrogen-bond acceptors (Lipinski definition) is 3. The van der Waals surface area contributed by atoms with E-state index in [0.29, 0.717) is 5.82 Å². The van der Waals surface area contributed by atoms with Crippen LogP contribution in [0.2, 0.25) is 0 Å². The first-order valence-electron chi connectivity index (χ1n) is 2.83. The van der Waals surface area contributed by atoms with E-state index in [1.165, 1.54) is 0 Å². The lowest BCUT2D eigenvalue weighted by molar-refractivity contribution is 1.25. The molecular formula is C7H6N2S. The Morgan fingerprint density at radius 3 is 3.10 bits per heavy atom. The van der Waals surface area contributed by atoms with Gasteiger partial charge in [0.1, 0.15) is 0 Å². The number of aromatic nitrogens is 1. The van der Waals surface area contributed by atoms with Crippen LogP contribution in [0.15, 0.2) is 23.3 Å². The predicted molar refractivity (Wildman–Crippen MR) is 43.7 cm³/mol. The van der Waals surface area contributed by atoms with Crippen molar-refractivity contribution in [2.24, 2.45) is 4.99 Å². The maximum atomic E-state index is 4.42. The SMILES string of the molecule is Cc1ccnc(N=C=S)c1. The zero-order valence-electron chi connectivity index (χ0n) is 5.53. The predicted octanol–water partition coefficient (Wildman–Crippen LogP) is 2.12. The number of hydrogen-bond donors (Lipinski definition) is 0. The van der Waals surface area contributed by atoms with Crippen LogP contribution in [0.25, 0.3) is 0 Å². The Kier molecular flexibility index (Phi) is 2.26. The minimum Gasteiger partial charge on any atom is -0.236 e. The van der Waals surface area contributed by atoms with Crippen LogP contribution < -0.4 is 0 Å². The lowest BCUT2D eigenvalue weighted by atomic mass is 10.3. The van der Waals surface area contributed by atoms with Crippen LogP contribution in [0.1, 0.15) is 5.56 Å². The van der Waals surface area contributed by atoms with Gasteiger partial charge in [-0.05, 0) is 36.8 Å². The van der Waals surface area contributed by atoms with E-state index in [9.17, 15) is 0 Å². The summed E-state index contributed by atoms with van der Waals surface area (Å²) in [6.07, 6.45) is 1.70. The third-order valence-corrected chi connectivity index (χ3v) is 1.15. The lowest BCUT2D eigenvalue weighted by Gasteiger charge is -1.90. The fourth-order valence-electron chi connectivity index (χ4n) is 0.628. The first-order valence-corrected chi connectivity index (χ1v) is 3.24. The van der Waals surface area contributed by atoms with Crippen LogP contribution in [0.4, 0.5) is 5.82 Å². The van der Waals surface area contributed by atoms with Gasteiger partial charge in [0.2, 0.25) is 0 Å². The van der Waals surface area contributed by atoms with Gasteiger partial charge in [0.25, 0.3) is 0 Å². The van der Waals surface area contributed by atoms with Gasteiger partial charge < -0.3 is 0 Å². The number of thiocarbonyl (C=S) groups is 1. The molecule has 0 bridgehead atoms. The topological polar surface area (TPSA) is 25.2 Å². The second-order valence-corrected chi connectivity index (χ2v) is 2.08. The van der Waals surface area contributed by atoms with Gasteiger partial charge in [0.05, 0.1) is 5.16 Å². The molecule has 1 heterocycles. The van der Waals surface area contributed by atoms with Crippen LogP contribution >= 0.6 is 12.2 Å². The normalized spacial score (nSPS) is 8.50. The van der Waals surface area contributed by atoms with Crippen molar-refractivity contribution in [2.75, 3.05) is 0 Å². The van der Waals surface area contributed by atoms with E-state index in [0.717, 1.165) is 5.56 Å². The maximum Gasteiger partial charge on any atom is 0.162 e. The largest absolute Gasteiger partial charge is 0.236 e. The van der Waals surface area contributed by atoms with Gasteiger partial charge in [-0.3, -0.25) is 0 Å². The summed E-state index contributed by atoms with van der Waals surface area (Å²) >= 11 is 4.42. The Bertz CT molecular complexity index is 277. The Balaban J connectivity index is 3.06. The lowest BCUT2D eigenvalue weighted by Crippen LogP contribution is -1.74. The average Bonchev–Trinajstić information content (AvgIpc) is 1.88. The number of rotatable bonds is 1. The fourth-order valence-corrected chi connectivity index (χ4v) is 0.722. The first kappa shape index (κ1) is 7.06. The molecule has 0 aromatic carbocycles. The number of pyridine rings is 1. The van der Waals surface area contributed by atoms with Gasteiger partial charge >= 0.3 is 0 Å². The highest BCUT2D eigenvalue weighted by molar-refractivity contribution is 7.78. The smallest absolute Gasteiger partial charge is 0.162 e. The van der Waals surface area contributed by atoms with Crippen LogP contribution in [-0.4, -0.2) is 10.1 Å². The van der Waals surface area contributed by atoms with E-state index in [1.54, 1.807) is 6.20 Å². The highest BCUT2D eigenvalue weighted by Gasteiger charge is 1.87. The summed E-state index contributed by atoms with van der Waals surface area (Å²) in [4.78, 5) is 7.65. The summed E-state index contributed by atoms with van der Waals surface area (Å²) < 4.78 is 0. The molecule has 1 rings (SSSR count). The monoisotopic (exact) mass is 150 g/mol. The molecular weight excluding hydrogens is 144 g/mol. The van der Waals surface area contributed by atoms with Crippen molar-refractivity contribution in [3.8, 4) is 0 Å². The van der Waals surface area contributed by atoms with Crippen molar-refractivity contribution in [3.63, 3.8) is 0 Å². The minimum atomic E-state index is 0.620. The molecule has 0 amide bonds. The molecule has 0 fully saturated rings. The standard InChI is InChI=1S/C7H6N2S/c1-6-2-3-8-7(4-6)9-5-10/h2-4H,1H3. The molecule has 2 nitrogen and oxygen atoms in total. The van der Waals surface area contributed by atoms with E-state index >= 15 is 0 Å². The summed E-state index contributed by atoms with van der Waals surface area (Å²) in [5.41, 5.74) is 1.12. The molecule has 10 heavy (non-hydrogen) atoms. The number of aliphatic imine (C=N–C) groups is 1.